The lowest BCUT2D eigenvalue weighted by Crippen LogP contribution is -2.15. The molecule has 142 valence electrons. The SMILES string of the molecule is COCCOc1ccc(C(F)(F)F)cc1NC(=O)c1ccc(COC)o1. The molecule has 0 spiro atoms. The average Bonchev–Trinajstić information content (AvgIpc) is 3.04. The number of carbonyl (C=O) groups is 1. The van der Waals surface area contributed by atoms with Crippen molar-refractivity contribution >= 4 is 11.6 Å². The van der Waals surface area contributed by atoms with Gasteiger partial charge < -0.3 is 23.9 Å². The summed E-state index contributed by atoms with van der Waals surface area (Å²) in [7, 11) is 2.93. The van der Waals surface area contributed by atoms with Crippen LogP contribution >= 0.6 is 0 Å². The van der Waals surface area contributed by atoms with Crippen LogP contribution in [0.15, 0.2) is 34.7 Å². The van der Waals surface area contributed by atoms with Gasteiger partial charge in [0.1, 0.15) is 24.7 Å². The van der Waals surface area contributed by atoms with Gasteiger partial charge in [0, 0.05) is 14.2 Å². The summed E-state index contributed by atoms with van der Waals surface area (Å²) < 4.78 is 59.2. The maximum absolute atomic E-state index is 12.9. The Labute approximate surface area is 147 Å². The van der Waals surface area contributed by atoms with Gasteiger partial charge in [0.05, 0.1) is 17.9 Å². The van der Waals surface area contributed by atoms with Crippen molar-refractivity contribution < 1.29 is 36.6 Å². The number of furan rings is 1. The molecule has 0 bridgehead atoms. The van der Waals surface area contributed by atoms with Gasteiger partial charge in [-0.25, -0.2) is 0 Å². The summed E-state index contributed by atoms with van der Waals surface area (Å²) in [5, 5.41) is 2.38. The van der Waals surface area contributed by atoms with Crippen LogP contribution in [0.3, 0.4) is 0 Å². The summed E-state index contributed by atoms with van der Waals surface area (Å²) in [4.78, 5) is 12.3. The number of halogens is 3. The number of alkyl halides is 3. The van der Waals surface area contributed by atoms with Crippen LogP contribution in [0.5, 0.6) is 5.75 Å². The molecular weight excluding hydrogens is 355 g/mol. The van der Waals surface area contributed by atoms with Gasteiger partial charge in [0.15, 0.2) is 5.76 Å². The molecule has 1 aromatic heterocycles. The molecule has 0 unspecified atom stereocenters. The van der Waals surface area contributed by atoms with Crippen molar-refractivity contribution in [2.24, 2.45) is 0 Å². The maximum atomic E-state index is 12.9. The van der Waals surface area contributed by atoms with Gasteiger partial charge in [-0.05, 0) is 30.3 Å². The Balaban J connectivity index is 2.23. The molecule has 2 rings (SSSR count). The normalized spacial score (nSPS) is 11.4. The first-order valence-corrected chi connectivity index (χ1v) is 7.57. The van der Waals surface area contributed by atoms with E-state index in [9.17, 15) is 18.0 Å². The molecule has 0 radical (unpaired) electrons. The molecule has 1 amide bonds. The Morgan fingerprint density at radius 3 is 2.54 bits per heavy atom. The van der Waals surface area contributed by atoms with E-state index < -0.39 is 17.6 Å². The summed E-state index contributed by atoms with van der Waals surface area (Å²) in [5.74, 6) is -0.258. The number of rotatable bonds is 8. The number of ether oxygens (including phenoxy) is 3. The zero-order valence-electron chi connectivity index (χ0n) is 14.2. The number of amides is 1. The van der Waals surface area contributed by atoms with Crippen molar-refractivity contribution in [3.8, 4) is 5.75 Å². The highest BCUT2D eigenvalue weighted by atomic mass is 19.4. The minimum atomic E-state index is -4.55. The van der Waals surface area contributed by atoms with E-state index in [1.807, 2.05) is 0 Å². The van der Waals surface area contributed by atoms with Crippen LogP contribution in [-0.2, 0) is 22.3 Å². The lowest BCUT2D eigenvalue weighted by atomic mass is 10.1. The highest BCUT2D eigenvalue weighted by Gasteiger charge is 2.31. The molecular formula is C17H18F3NO5. The summed E-state index contributed by atoms with van der Waals surface area (Å²) in [6.45, 7) is 0.526. The van der Waals surface area contributed by atoms with Crippen LogP contribution in [-0.4, -0.2) is 33.3 Å². The molecule has 2 aromatic rings. The molecule has 0 atom stereocenters. The molecule has 1 aromatic carbocycles. The summed E-state index contributed by atoms with van der Waals surface area (Å²) in [5.41, 5.74) is -1.03. The van der Waals surface area contributed by atoms with E-state index in [1.54, 1.807) is 6.07 Å². The molecule has 1 heterocycles. The van der Waals surface area contributed by atoms with Crippen LogP contribution in [0.25, 0.3) is 0 Å². The molecule has 0 aliphatic rings. The minimum absolute atomic E-state index is 0.0581. The molecule has 0 aliphatic carbocycles. The van der Waals surface area contributed by atoms with Crippen molar-refractivity contribution in [1.29, 1.82) is 0 Å². The summed E-state index contributed by atoms with van der Waals surface area (Å²) in [6.07, 6.45) is -4.55. The van der Waals surface area contributed by atoms with Gasteiger partial charge in [-0.15, -0.1) is 0 Å². The van der Waals surface area contributed by atoms with Crippen LogP contribution < -0.4 is 10.1 Å². The number of hydrogen-bond acceptors (Lipinski definition) is 5. The first-order chi connectivity index (χ1) is 12.3. The average molecular weight is 373 g/mol. The van der Waals surface area contributed by atoms with E-state index in [2.05, 4.69) is 5.32 Å². The van der Waals surface area contributed by atoms with Crippen molar-refractivity contribution in [2.45, 2.75) is 12.8 Å². The Morgan fingerprint density at radius 1 is 1.12 bits per heavy atom. The predicted molar refractivity (Wildman–Crippen MR) is 86.2 cm³/mol. The fourth-order valence-corrected chi connectivity index (χ4v) is 2.07. The first kappa shape index (κ1) is 19.8. The van der Waals surface area contributed by atoms with Crippen molar-refractivity contribution in [1.82, 2.24) is 0 Å². The van der Waals surface area contributed by atoms with E-state index in [-0.39, 0.29) is 37.0 Å². The topological polar surface area (TPSA) is 69.9 Å². The minimum Gasteiger partial charge on any atom is -0.489 e. The largest absolute Gasteiger partial charge is 0.489 e. The predicted octanol–water partition coefficient (Wildman–Crippen LogP) is 3.72. The van der Waals surface area contributed by atoms with Crippen LogP contribution in [0.2, 0.25) is 0 Å². The molecule has 0 saturated heterocycles. The molecule has 1 N–H and O–H groups in total. The monoisotopic (exact) mass is 373 g/mol. The van der Waals surface area contributed by atoms with Gasteiger partial charge >= 0.3 is 6.18 Å². The summed E-state index contributed by atoms with van der Waals surface area (Å²) >= 11 is 0. The van der Waals surface area contributed by atoms with E-state index in [0.29, 0.717) is 5.76 Å². The highest BCUT2D eigenvalue weighted by Crippen LogP contribution is 2.35. The fraction of sp³-hybridized carbons (Fsp3) is 0.353. The Hall–Kier alpha value is -2.52. The van der Waals surface area contributed by atoms with Crippen LogP contribution in [0.1, 0.15) is 21.9 Å². The molecule has 0 fully saturated rings. The van der Waals surface area contributed by atoms with Gasteiger partial charge in [-0.3, -0.25) is 4.79 Å². The molecule has 0 saturated carbocycles. The number of nitrogens with one attached hydrogen (secondary N) is 1. The number of hydrogen-bond donors (Lipinski definition) is 1. The maximum Gasteiger partial charge on any atom is 0.416 e. The fourth-order valence-electron chi connectivity index (χ4n) is 2.07. The van der Waals surface area contributed by atoms with E-state index in [4.69, 9.17) is 18.6 Å². The smallest absolute Gasteiger partial charge is 0.416 e. The van der Waals surface area contributed by atoms with Crippen molar-refractivity contribution in [3.05, 3.63) is 47.4 Å². The Kier molecular flexibility index (Phi) is 6.64. The first-order valence-electron chi connectivity index (χ1n) is 7.57. The number of carbonyl (C=O) groups excluding carboxylic acids is 1. The van der Waals surface area contributed by atoms with Gasteiger partial charge in [0.2, 0.25) is 0 Å². The lowest BCUT2D eigenvalue weighted by Gasteiger charge is -2.15. The third-order valence-corrected chi connectivity index (χ3v) is 3.27. The van der Waals surface area contributed by atoms with Crippen LogP contribution in [0, 0.1) is 0 Å². The number of methoxy groups -OCH3 is 2. The second kappa shape index (κ2) is 8.72. The molecule has 26 heavy (non-hydrogen) atoms. The van der Waals surface area contributed by atoms with E-state index >= 15 is 0 Å². The number of benzene rings is 1. The lowest BCUT2D eigenvalue weighted by molar-refractivity contribution is -0.137. The zero-order valence-corrected chi connectivity index (χ0v) is 14.2. The second-order valence-corrected chi connectivity index (χ2v) is 5.20. The highest BCUT2D eigenvalue weighted by molar-refractivity contribution is 6.03. The second-order valence-electron chi connectivity index (χ2n) is 5.20. The molecule has 6 nitrogen and oxygen atoms in total. The van der Waals surface area contributed by atoms with Gasteiger partial charge in [-0.2, -0.15) is 13.2 Å². The standard InChI is InChI=1S/C17H18F3NO5/c1-23-7-8-25-14-5-3-11(17(18,19)20)9-13(14)21-16(22)15-6-4-12(26-15)10-24-2/h3-6,9H,7-8,10H2,1-2H3,(H,21,22). The van der Waals surface area contributed by atoms with E-state index in [1.165, 1.54) is 20.3 Å². The third-order valence-electron chi connectivity index (χ3n) is 3.27. The van der Waals surface area contributed by atoms with Crippen molar-refractivity contribution in [2.75, 3.05) is 32.8 Å². The Bertz CT molecular complexity index is 742. The van der Waals surface area contributed by atoms with E-state index in [0.717, 1.165) is 18.2 Å². The van der Waals surface area contributed by atoms with Gasteiger partial charge in [-0.1, -0.05) is 0 Å². The molecule has 0 aliphatic heterocycles. The van der Waals surface area contributed by atoms with Gasteiger partial charge in [0.25, 0.3) is 5.91 Å². The van der Waals surface area contributed by atoms with Crippen molar-refractivity contribution in [3.63, 3.8) is 0 Å². The van der Waals surface area contributed by atoms with Crippen LogP contribution in [0.4, 0.5) is 18.9 Å². The summed E-state index contributed by atoms with van der Waals surface area (Å²) in [6, 6.07) is 5.77. The quantitative estimate of drug-likeness (QED) is 0.714. The Morgan fingerprint density at radius 2 is 1.88 bits per heavy atom. The molecule has 9 heteroatoms. The zero-order chi connectivity index (χ0) is 19.2. The third kappa shape index (κ3) is 5.24. The number of anilines is 1.